The fourth-order valence-electron chi connectivity index (χ4n) is 2.86. The molecule has 1 unspecified atom stereocenters. The first-order valence-electron chi connectivity index (χ1n) is 8.01. The number of hydrogen-bond acceptors (Lipinski definition) is 4. The number of carbonyl (C=O) groups is 3. The fraction of sp³-hybridized carbons (Fsp3) is 0.471. The molecule has 6 heteroatoms. The molecule has 1 heterocycles. The first kappa shape index (κ1) is 15.7. The highest BCUT2D eigenvalue weighted by molar-refractivity contribution is 6.01. The van der Waals surface area contributed by atoms with E-state index in [-0.39, 0.29) is 30.3 Å². The zero-order valence-electron chi connectivity index (χ0n) is 13.0. The minimum absolute atomic E-state index is 0.0435. The quantitative estimate of drug-likeness (QED) is 0.760. The van der Waals surface area contributed by atoms with Crippen molar-refractivity contribution < 1.29 is 14.4 Å². The van der Waals surface area contributed by atoms with Crippen LogP contribution in [0.5, 0.6) is 0 Å². The van der Waals surface area contributed by atoms with Crippen LogP contribution in [-0.2, 0) is 16.1 Å². The first-order chi connectivity index (χ1) is 11.1. The van der Waals surface area contributed by atoms with Gasteiger partial charge in [-0.2, -0.15) is 0 Å². The number of rotatable bonds is 6. The number of nitrogens with zero attached hydrogens (tertiary/aromatic N) is 1. The first-order valence-corrected chi connectivity index (χ1v) is 8.01. The van der Waals surface area contributed by atoms with E-state index in [4.69, 9.17) is 5.73 Å². The van der Waals surface area contributed by atoms with Crippen LogP contribution in [0.3, 0.4) is 0 Å². The molecule has 1 aliphatic carbocycles. The molecule has 0 bridgehead atoms. The van der Waals surface area contributed by atoms with E-state index in [0.717, 1.165) is 18.4 Å². The highest BCUT2D eigenvalue weighted by Crippen LogP contribution is 2.32. The Hall–Kier alpha value is -2.21. The molecule has 0 radical (unpaired) electrons. The second-order valence-corrected chi connectivity index (χ2v) is 6.22. The Labute approximate surface area is 135 Å². The van der Waals surface area contributed by atoms with Gasteiger partial charge < -0.3 is 11.1 Å². The molecule has 3 amide bonds. The van der Waals surface area contributed by atoms with Crippen molar-refractivity contribution in [3.63, 3.8) is 0 Å². The van der Waals surface area contributed by atoms with Gasteiger partial charge in [-0.05, 0) is 36.5 Å². The van der Waals surface area contributed by atoms with Crippen LogP contribution in [0.15, 0.2) is 24.3 Å². The summed E-state index contributed by atoms with van der Waals surface area (Å²) >= 11 is 0. The molecule has 23 heavy (non-hydrogen) atoms. The summed E-state index contributed by atoms with van der Waals surface area (Å²) in [7, 11) is 0. The van der Waals surface area contributed by atoms with Crippen molar-refractivity contribution in [3.8, 4) is 0 Å². The van der Waals surface area contributed by atoms with E-state index in [1.165, 1.54) is 4.90 Å². The summed E-state index contributed by atoms with van der Waals surface area (Å²) in [4.78, 5) is 36.7. The predicted molar refractivity (Wildman–Crippen MR) is 84.3 cm³/mol. The third-order valence-corrected chi connectivity index (χ3v) is 4.47. The van der Waals surface area contributed by atoms with Crippen molar-refractivity contribution in [1.82, 2.24) is 10.2 Å². The summed E-state index contributed by atoms with van der Waals surface area (Å²) < 4.78 is 0. The molecule has 122 valence electrons. The molecule has 2 fully saturated rings. The van der Waals surface area contributed by atoms with Crippen molar-refractivity contribution in [1.29, 1.82) is 0 Å². The van der Waals surface area contributed by atoms with Gasteiger partial charge in [-0.25, -0.2) is 0 Å². The summed E-state index contributed by atoms with van der Waals surface area (Å²) in [5.74, 6) is 0.113. The minimum atomic E-state index is -0.132. The van der Waals surface area contributed by atoms with E-state index in [9.17, 15) is 14.4 Å². The van der Waals surface area contributed by atoms with Gasteiger partial charge in [0, 0.05) is 31.0 Å². The van der Waals surface area contributed by atoms with Crippen LogP contribution in [-0.4, -0.2) is 35.2 Å². The van der Waals surface area contributed by atoms with Crippen LogP contribution in [0.4, 0.5) is 0 Å². The lowest BCUT2D eigenvalue weighted by Gasteiger charge is -2.16. The van der Waals surface area contributed by atoms with Gasteiger partial charge in [0.2, 0.25) is 11.8 Å². The summed E-state index contributed by atoms with van der Waals surface area (Å²) in [6.07, 6.45) is 2.83. The third-order valence-electron chi connectivity index (χ3n) is 4.47. The average Bonchev–Trinajstić information content (AvgIpc) is 3.35. The van der Waals surface area contributed by atoms with Gasteiger partial charge in [0.15, 0.2) is 0 Å². The van der Waals surface area contributed by atoms with Crippen molar-refractivity contribution >= 4 is 17.7 Å². The Morgan fingerprint density at radius 3 is 2.30 bits per heavy atom. The highest BCUT2D eigenvalue weighted by Gasteiger charge is 2.31. The van der Waals surface area contributed by atoms with Crippen LogP contribution in [0.25, 0.3) is 0 Å². The zero-order chi connectivity index (χ0) is 16.4. The molecule has 3 rings (SSSR count). The molecule has 0 aromatic heterocycles. The van der Waals surface area contributed by atoms with E-state index in [1.54, 1.807) is 24.3 Å². The van der Waals surface area contributed by atoms with Gasteiger partial charge in [0.1, 0.15) is 0 Å². The normalized spacial score (nSPS) is 19.1. The summed E-state index contributed by atoms with van der Waals surface area (Å²) in [5, 5.41) is 2.97. The van der Waals surface area contributed by atoms with E-state index in [2.05, 4.69) is 5.32 Å². The minimum Gasteiger partial charge on any atom is -0.348 e. The molecule has 1 aromatic rings. The maximum absolute atomic E-state index is 12.2. The molecule has 2 aliphatic rings. The van der Waals surface area contributed by atoms with E-state index in [0.29, 0.717) is 30.9 Å². The summed E-state index contributed by atoms with van der Waals surface area (Å²) in [6.45, 7) is 0.723. The highest BCUT2D eigenvalue weighted by atomic mass is 16.2. The maximum Gasteiger partial charge on any atom is 0.251 e. The second kappa shape index (κ2) is 6.50. The Bertz CT molecular complexity index is 606. The Morgan fingerprint density at radius 2 is 1.78 bits per heavy atom. The van der Waals surface area contributed by atoms with Crippen LogP contribution >= 0.6 is 0 Å². The van der Waals surface area contributed by atoms with Crippen LogP contribution < -0.4 is 11.1 Å². The van der Waals surface area contributed by atoms with Gasteiger partial charge in [0.05, 0.1) is 6.54 Å². The van der Waals surface area contributed by atoms with E-state index in [1.807, 2.05) is 0 Å². The van der Waals surface area contributed by atoms with Crippen molar-refractivity contribution in [3.05, 3.63) is 35.4 Å². The number of nitrogens with one attached hydrogen (secondary N) is 1. The standard InChI is InChI=1S/C17H21N3O3/c18-9-14(12-5-6-12)19-17(23)13-3-1-11(2-4-13)10-20-15(21)7-8-16(20)22/h1-4,12,14H,5-10,18H2,(H,19,23). The van der Waals surface area contributed by atoms with E-state index < -0.39 is 0 Å². The molecular weight excluding hydrogens is 294 g/mol. The van der Waals surface area contributed by atoms with E-state index >= 15 is 0 Å². The molecule has 1 saturated carbocycles. The van der Waals surface area contributed by atoms with Crippen molar-refractivity contribution in [2.45, 2.75) is 38.3 Å². The molecule has 1 aromatic carbocycles. The lowest BCUT2D eigenvalue weighted by molar-refractivity contribution is -0.139. The molecule has 0 spiro atoms. The maximum atomic E-state index is 12.2. The van der Waals surface area contributed by atoms with Crippen molar-refractivity contribution in [2.24, 2.45) is 11.7 Å². The number of carbonyl (C=O) groups excluding carboxylic acids is 3. The molecule has 1 atom stereocenters. The Balaban J connectivity index is 1.61. The monoisotopic (exact) mass is 315 g/mol. The van der Waals surface area contributed by atoms with Gasteiger partial charge in [-0.3, -0.25) is 19.3 Å². The fourth-order valence-corrected chi connectivity index (χ4v) is 2.86. The summed E-state index contributed by atoms with van der Waals surface area (Å²) in [5.41, 5.74) is 7.10. The Morgan fingerprint density at radius 1 is 1.17 bits per heavy atom. The topological polar surface area (TPSA) is 92.5 Å². The average molecular weight is 315 g/mol. The van der Waals surface area contributed by atoms with Crippen molar-refractivity contribution in [2.75, 3.05) is 6.54 Å². The van der Waals surface area contributed by atoms with Gasteiger partial charge >= 0.3 is 0 Å². The predicted octanol–water partition coefficient (Wildman–Crippen LogP) is 0.803. The molecule has 3 N–H and O–H groups in total. The van der Waals surface area contributed by atoms with Crippen LogP contribution in [0.2, 0.25) is 0 Å². The second-order valence-electron chi connectivity index (χ2n) is 6.22. The molecule has 1 saturated heterocycles. The number of imide groups is 1. The number of likely N-dealkylation sites (tertiary alicyclic amines) is 1. The number of benzene rings is 1. The number of amides is 3. The molecule has 1 aliphatic heterocycles. The molecule has 6 nitrogen and oxygen atoms in total. The zero-order valence-corrected chi connectivity index (χ0v) is 13.0. The van der Waals surface area contributed by atoms with Crippen LogP contribution in [0.1, 0.15) is 41.6 Å². The lowest BCUT2D eigenvalue weighted by atomic mass is 10.1. The van der Waals surface area contributed by atoms with Gasteiger partial charge in [-0.1, -0.05) is 12.1 Å². The molecular formula is C17H21N3O3. The third kappa shape index (κ3) is 3.59. The Kier molecular flexibility index (Phi) is 4.43. The van der Waals surface area contributed by atoms with Gasteiger partial charge in [-0.15, -0.1) is 0 Å². The number of hydrogen-bond donors (Lipinski definition) is 2. The largest absolute Gasteiger partial charge is 0.348 e. The van der Waals surface area contributed by atoms with Crippen LogP contribution in [0, 0.1) is 5.92 Å². The number of nitrogens with two attached hydrogens (primary N) is 1. The lowest BCUT2D eigenvalue weighted by Crippen LogP contribution is -2.41. The smallest absolute Gasteiger partial charge is 0.251 e. The summed E-state index contributed by atoms with van der Waals surface area (Å²) in [6, 6.07) is 7.04. The van der Waals surface area contributed by atoms with Gasteiger partial charge in [0.25, 0.3) is 5.91 Å². The SMILES string of the molecule is NCC(NC(=O)c1ccc(CN2C(=O)CCC2=O)cc1)C1CC1.